The van der Waals surface area contributed by atoms with E-state index >= 15 is 0 Å². The van der Waals surface area contributed by atoms with Gasteiger partial charge in [0.1, 0.15) is 0 Å². The van der Waals surface area contributed by atoms with Crippen LogP contribution < -0.4 is 5.48 Å². The number of hydrogen-bond acceptors (Lipinski definition) is 3. The largest absolute Gasteiger partial charge is 0.361 e. The van der Waals surface area contributed by atoms with Crippen LogP contribution in [-0.4, -0.2) is 33.6 Å². The molecule has 0 radical (unpaired) electrons. The molecule has 1 aliphatic rings. The lowest BCUT2D eigenvalue weighted by atomic mass is 9.90. The third kappa shape index (κ3) is 4.75. The fourth-order valence-electron chi connectivity index (χ4n) is 3.92. The van der Waals surface area contributed by atoms with Gasteiger partial charge in [0.2, 0.25) is 0 Å². The summed E-state index contributed by atoms with van der Waals surface area (Å²) in [6.07, 6.45) is 10.1. The van der Waals surface area contributed by atoms with E-state index in [4.69, 9.17) is 5.21 Å². The average Bonchev–Trinajstić information content (AvgIpc) is 3.13. The fraction of sp³-hybridized carbons (Fsp3) is 0.292. The summed E-state index contributed by atoms with van der Waals surface area (Å²) in [6, 6.07) is 17.4. The summed E-state index contributed by atoms with van der Waals surface area (Å²) in [4.78, 5) is 17.1. The molecule has 3 aromatic rings. The van der Waals surface area contributed by atoms with Crippen LogP contribution in [0.2, 0.25) is 0 Å². The summed E-state index contributed by atoms with van der Waals surface area (Å²) in [5.41, 5.74) is 6.40. The number of fused-ring (bicyclic) bond motifs is 1. The quantitative estimate of drug-likeness (QED) is 0.306. The van der Waals surface area contributed by atoms with Crippen molar-refractivity contribution in [3.63, 3.8) is 0 Å². The van der Waals surface area contributed by atoms with Crippen molar-refractivity contribution in [2.75, 3.05) is 6.54 Å². The van der Waals surface area contributed by atoms with Crippen LogP contribution in [0.25, 0.3) is 17.0 Å². The Balaban J connectivity index is 1.41. The van der Waals surface area contributed by atoms with Gasteiger partial charge in [0.05, 0.1) is 0 Å². The summed E-state index contributed by atoms with van der Waals surface area (Å²) < 4.78 is 0. The van der Waals surface area contributed by atoms with Crippen molar-refractivity contribution in [3.05, 3.63) is 77.5 Å². The van der Waals surface area contributed by atoms with Crippen LogP contribution in [0.15, 0.2) is 60.8 Å². The molecule has 29 heavy (non-hydrogen) atoms. The van der Waals surface area contributed by atoms with E-state index in [1.54, 1.807) is 11.6 Å². The lowest BCUT2D eigenvalue weighted by Crippen LogP contribution is -2.40. The molecule has 1 heterocycles. The molecule has 1 amide bonds. The number of carbonyl (C=O) groups is 1. The number of para-hydroxylation sites is 1. The number of amides is 1. The molecule has 0 aliphatic heterocycles. The predicted octanol–water partition coefficient (Wildman–Crippen LogP) is 4.28. The highest BCUT2D eigenvalue weighted by atomic mass is 16.5. The maximum Gasteiger partial charge on any atom is 0.267 e. The minimum absolute atomic E-state index is 0.525. The third-order valence-electron chi connectivity index (χ3n) is 5.84. The number of hydroxylamine groups is 1. The van der Waals surface area contributed by atoms with Gasteiger partial charge in [0, 0.05) is 42.3 Å². The molecule has 0 saturated heterocycles. The second kappa shape index (κ2) is 9.07. The van der Waals surface area contributed by atoms with E-state index < -0.39 is 5.91 Å². The summed E-state index contributed by atoms with van der Waals surface area (Å²) in [5.74, 6) is -0.525. The molecule has 5 nitrogen and oxygen atoms in total. The van der Waals surface area contributed by atoms with Crippen LogP contribution in [0.4, 0.5) is 0 Å². The summed E-state index contributed by atoms with van der Waals surface area (Å²) in [5, 5.41) is 9.88. The maximum atomic E-state index is 11.1. The monoisotopic (exact) mass is 389 g/mol. The Morgan fingerprint density at radius 1 is 1.17 bits per heavy atom. The number of aromatic nitrogens is 1. The second-order valence-electron chi connectivity index (χ2n) is 7.72. The van der Waals surface area contributed by atoms with Gasteiger partial charge in [-0.05, 0) is 48.1 Å². The standard InChI is InChI=1S/C24H27N3O2/c28-24(26-29)13-12-18-8-10-19(11-9-18)17-27(21-4-3-5-21)15-14-20-16-25-23-7-2-1-6-22(20)23/h1-2,6-13,16,21,25,29H,3-5,14-15,17H2,(H,26,28)/b13-12+. The molecule has 0 unspecified atom stereocenters. The topological polar surface area (TPSA) is 68.4 Å². The Labute approximate surface area is 171 Å². The molecular weight excluding hydrogens is 362 g/mol. The summed E-state index contributed by atoms with van der Waals surface area (Å²) in [7, 11) is 0. The Kier molecular flexibility index (Phi) is 6.08. The fourth-order valence-corrected chi connectivity index (χ4v) is 3.92. The highest BCUT2D eigenvalue weighted by Gasteiger charge is 2.24. The van der Waals surface area contributed by atoms with E-state index in [-0.39, 0.29) is 0 Å². The smallest absolute Gasteiger partial charge is 0.267 e. The van der Waals surface area contributed by atoms with Crippen molar-refractivity contribution in [2.24, 2.45) is 0 Å². The first-order chi connectivity index (χ1) is 14.2. The SMILES string of the molecule is O=C(/C=C/c1ccc(CN(CCc2c[nH]c3ccccc23)C2CCC2)cc1)NO. The van der Waals surface area contributed by atoms with Gasteiger partial charge < -0.3 is 4.98 Å². The van der Waals surface area contributed by atoms with Gasteiger partial charge >= 0.3 is 0 Å². The van der Waals surface area contributed by atoms with Gasteiger partial charge in [0.15, 0.2) is 0 Å². The first-order valence-electron chi connectivity index (χ1n) is 10.2. The van der Waals surface area contributed by atoms with Crippen molar-refractivity contribution < 1.29 is 10.0 Å². The van der Waals surface area contributed by atoms with Crippen LogP contribution in [0.3, 0.4) is 0 Å². The zero-order valence-electron chi connectivity index (χ0n) is 16.5. The molecule has 0 spiro atoms. The van der Waals surface area contributed by atoms with Gasteiger partial charge in [-0.3, -0.25) is 14.9 Å². The van der Waals surface area contributed by atoms with Gasteiger partial charge in [-0.15, -0.1) is 0 Å². The molecule has 150 valence electrons. The van der Waals surface area contributed by atoms with E-state index in [9.17, 15) is 4.79 Å². The molecule has 1 aromatic heterocycles. The Hall–Kier alpha value is -2.89. The van der Waals surface area contributed by atoms with Crippen LogP contribution in [0.5, 0.6) is 0 Å². The third-order valence-corrected chi connectivity index (χ3v) is 5.84. The minimum Gasteiger partial charge on any atom is -0.361 e. The molecular formula is C24H27N3O2. The number of hydrogen-bond donors (Lipinski definition) is 3. The van der Waals surface area contributed by atoms with Crippen molar-refractivity contribution in [1.29, 1.82) is 0 Å². The molecule has 1 aliphatic carbocycles. The van der Waals surface area contributed by atoms with Crippen LogP contribution in [0, 0.1) is 0 Å². The first-order valence-corrected chi connectivity index (χ1v) is 10.2. The van der Waals surface area contributed by atoms with Crippen LogP contribution in [0.1, 0.15) is 36.0 Å². The van der Waals surface area contributed by atoms with Crippen molar-refractivity contribution in [2.45, 2.75) is 38.3 Å². The van der Waals surface area contributed by atoms with E-state index in [0.717, 1.165) is 25.1 Å². The molecule has 4 rings (SSSR count). The zero-order chi connectivity index (χ0) is 20.1. The number of aromatic amines is 1. The Morgan fingerprint density at radius 3 is 2.69 bits per heavy atom. The number of rotatable bonds is 8. The maximum absolute atomic E-state index is 11.1. The van der Waals surface area contributed by atoms with E-state index in [0.29, 0.717) is 6.04 Å². The molecule has 0 atom stereocenters. The average molecular weight is 389 g/mol. The molecule has 0 bridgehead atoms. The number of benzene rings is 2. The van der Waals surface area contributed by atoms with Crippen molar-refractivity contribution >= 4 is 22.9 Å². The van der Waals surface area contributed by atoms with Crippen LogP contribution in [-0.2, 0) is 17.8 Å². The van der Waals surface area contributed by atoms with Gasteiger partial charge in [-0.25, -0.2) is 5.48 Å². The van der Waals surface area contributed by atoms with E-state index in [2.05, 4.69) is 52.5 Å². The second-order valence-corrected chi connectivity index (χ2v) is 7.72. The first kappa shape index (κ1) is 19.4. The number of H-pyrrole nitrogens is 1. The summed E-state index contributed by atoms with van der Waals surface area (Å²) in [6.45, 7) is 1.99. The van der Waals surface area contributed by atoms with E-state index in [1.807, 2.05) is 12.1 Å². The lowest BCUT2D eigenvalue weighted by molar-refractivity contribution is -0.124. The molecule has 2 aromatic carbocycles. The van der Waals surface area contributed by atoms with Gasteiger partial charge in [0.25, 0.3) is 5.91 Å². The van der Waals surface area contributed by atoms with Crippen LogP contribution >= 0.6 is 0 Å². The van der Waals surface area contributed by atoms with Gasteiger partial charge in [-0.2, -0.15) is 0 Å². The molecule has 1 saturated carbocycles. The molecule has 5 heteroatoms. The Bertz CT molecular complexity index is 987. The minimum atomic E-state index is -0.525. The van der Waals surface area contributed by atoms with Crippen molar-refractivity contribution in [1.82, 2.24) is 15.4 Å². The number of nitrogens with one attached hydrogen (secondary N) is 2. The van der Waals surface area contributed by atoms with Crippen molar-refractivity contribution in [3.8, 4) is 0 Å². The van der Waals surface area contributed by atoms with Gasteiger partial charge in [-0.1, -0.05) is 48.9 Å². The highest BCUT2D eigenvalue weighted by Crippen LogP contribution is 2.27. The zero-order valence-corrected chi connectivity index (χ0v) is 16.5. The summed E-state index contributed by atoms with van der Waals surface area (Å²) >= 11 is 0. The number of carbonyl (C=O) groups excluding carboxylic acids is 1. The normalized spacial score (nSPS) is 14.6. The molecule has 3 N–H and O–H groups in total. The lowest BCUT2D eigenvalue weighted by Gasteiger charge is -2.37. The predicted molar refractivity (Wildman–Crippen MR) is 115 cm³/mol. The number of nitrogens with zero attached hydrogens (tertiary/aromatic N) is 1. The highest BCUT2D eigenvalue weighted by molar-refractivity contribution is 5.90. The van der Waals surface area contributed by atoms with E-state index in [1.165, 1.54) is 47.4 Å². The Morgan fingerprint density at radius 2 is 1.97 bits per heavy atom. The molecule has 1 fully saturated rings.